The predicted molar refractivity (Wildman–Crippen MR) is 96.7 cm³/mol. The molecule has 0 spiro atoms. The zero-order valence-electron chi connectivity index (χ0n) is 14.9. The maximum Gasteiger partial charge on any atom is 0.254 e. The number of hydrogen-bond donors (Lipinski definition) is 1. The SMILES string of the molecule is COc1ccccc1CN1C(=O)[C@@H](NC(C)=O)c2cc(C)cc(C)c21. The second-order valence-corrected chi connectivity index (χ2v) is 6.39. The lowest BCUT2D eigenvalue weighted by atomic mass is 10.0. The van der Waals surface area contributed by atoms with E-state index < -0.39 is 6.04 Å². The molecule has 25 heavy (non-hydrogen) atoms. The zero-order valence-corrected chi connectivity index (χ0v) is 14.9. The number of hydrogen-bond acceptors (Lipinski definition) is 3. The van der Waals surface area contributed by atoms with Crippen molar-refractivity contribution in [1.82, 2.24) is 5.32 Å². The number of methoxy groups -OCH3 is 1. The summed E-state index contributed by atoms with van der Waals surface area (Å²) < 4.78 is 5.41. The van der Waals surface area contributed by atoms with Crippen LogP contribution in [0.15, 0.2) is 36.4 Å². The quantitative estimate of drug-likeness (QED) is 0.932. The van der Waals surface area contributed by atoms with Gasteiger partial charge in [0.2, 0.25) is 5.91 Å². The minimum Gasteiger partial charge on any atom is -0.496 e. The molecule has 1 aliphatic rings. The van der Waals surface area contributed by atoms with E-state index in [4.69, 9.17) is 4.74 Å². The Labute approximate surface area is 147 Å². The maximum absolute atomic E-state index is 13.0. The van der Waals surface area contributed by atoms with Crippen LogP contribution in [-0.2, 0) is 16.1 Å². The molecule has 0 saturated heterocycles. The third kappa shape index (κ3) is 3.09. The van der Waals surface area contributed by atoms with Crippen LogP contribution in [0.25, 0.3) is 0 Å². The fraction of sp³-hybridized carbons (Fsp3) is 0.300. The Balaban J connectivity index is 2.06. The van der Waals surface area contributed by atoms with E-state index in [1.807, 2.05) is 44.2 Å². The van der Waals surface area contributed by atoms with Gasteiger partial charge < -0.3 is 15.0 Å². The van der Waals surface area contributed by atoms with Gasteiger partial charge in [0.05, 0.1) is 19.3 Å². The average Bonchev–Trinajstić information content (AvgIpc) is 2.80. The van der Waals surface area contributed by atoms with Crippen LogP contribution in [0.1, 0.15) is 35.2 Å². The minimum atomic E-state index is -0.638. The Morgan fingerprint density at radius 3 is 2.64 bits per heavy atom. The highest BCUT2D eigenvalue weighted by atomic mass is 16.5. The Morgan fingerprint density at radius 2 is 1.96 bits per heavy atom. The molecule has 1 aliphatic heterocycles. The number of ether oxygens (including phenoxy) is 1. The second-order valence-electron chi connectivity index (χ2n) is 6.39. The summed E-state index contributed by atoms with van der Waals surface area (Å²) in [5.74, 6) is 0.400. The Morgan fingerprint density at radius 1 is 1.24 bits per heavy atom. The van der Waals surface area contributed by atoms with E-state index in [0.29, 0.717) is 6.54 Å². The molecular formula is C20H22N2O3. The van der Waals surface area contributed by atoms with E-state index >= 15 is 0 Å². The summed E-state index contributed by atoms with van der Waals surface area (Å²) in [5.41, 5.74) is 4.74. The fourth-order valence-electron chi connectivity index (χ4n) is 3.48. The molecule has 3 rings (SSSR count). The number of nitrogens with one attached hydrogen (secondary N) is 1. The third-order valence-electron chi connectivity index (χ3n) is 4.44. The van der Waals surface area contributed by atoms with Crippen molar-refractivity contribution >= 4 is 17.5 Å². The number of benzene rings is 2. The zero-order chi connectivity index (χ0) is 18.1. The number of amides is 2. The van der Waals surface area contributed by atoms with E-state index in [-0.39, 0.29) is 11.8 Å². The van der Waals surface area contributed by atoms with Crippen LogP contribution in [0.2, 0.25) is 0 Å². The van der Waals surface area contributed by atoms with Gasteiger partial charge in [0, 0.05) is 18.1 Å². The summed E-state index contributed by atoms with van der Waals surface area (Å²) in [6.07, 6.45) is 0. The van der Waals surface area contributed by atoms with Gasteiger partial charge in [0.15, 0.2) is 0 Å². The molecule has 0 fully saturated rings. The first-order valence-electron chi connectivity index (χ1n) is 8.24. The first-order valence-corrected chi connectivity index (χ1v) is 8.24. The standard InChI is InChI=1S/C20H22N2O3/c1-12-9-13(2)19-16(10-12)18(21-14(3)23)20(24)22(19)11-15-7-5-6-8-17(15)25-4/h5-10,18H,11H2,1-4H3,(H,21,23)/t18-/m0/s1. The lowest BCUT2D eigenvalue weighted by Gasteiger charge is -2.21. The molecule has 5 heteroatoms. The number of rotatable bonds is 4. The van der Waals surface area contributed by atoms with Gasteiger partial charge in [-0.25, -0.2) is 0 Å². The van der Waals surface area contributed by atoms with Gasteiger partial charge in [-0.2, -0.15) is 0 Å². The molecule has 5 nitrogen and oxygen atoms in total. The third-order valence-corrected chi connectivity index (χ3v) is 4.44. The van der Waals surface area contributed by atoms with Crippen molar-refractivity contribution in [2.24, 2.45) is 0 Å². The van der Waals surface area contributed by atoms with Crippen molar-refractivity contribution in [3.63, 3.8) is 0 Å². The maximum atomic E-state index is 13.0. The molecule has 0 saturated carbocycles. The summed E-state index contributed by atoms with van der Waals surface area (Å²) in [4.78, 5) is 26.4. The van der Waals surface area contributed by atoms with Crippen LogP contribution >= 0.6 is 0 Å². The fourth-order valence-corrected chi connectivity index (χ4v) is 3.48. The lowest BCUT2D eigenvalue weighted by Crippen LogP contribution is -2.36. The smallest absolute Gasteiger partial charge is 0.254 e. The molecule has 2 aromatic carbocycles. The number of nitrogens with zero attached hydrogens (tertiary/aromatic N) is 1. The van der Waals surface area contributed by atoms with E-state index in [1.54, 1.807) is 12.0 Å². The highest BCUT2D eigenvalue weighted by Gasteiger charge is 2.39. The molecular weight excluding hydrogens is 316 g/mol. The Kier molecular flexibility index (Phi) is 4.49. The number of carbonyl (C=O) groups excluding carboxylic acids is 2. The summed E-state index contributed by atoms with van der Waals surface area (Å²) >= 11 is 0. The van der Waals surface area contributed by atoms with Gasteiger partial charge in [-0.15, -0.1) is 0 Å². The molecule has 1 atom stereocenters. The summed E-state index contributed by atoms with van der Waals surface area (Å²) in [6, 6.07) is 11.0. The molecule has 0 unspecified atom stereocenters. The molecule has 0 aliphatic carbocycles. The molecule has 0 radical (unpaired) electrons. The van der Waals surface area contributed by atoms with E-state index in [1.165, 1.54) is 6.92 Å². The van der Waals surface area contributed by atoms with Crippen molar-refractivity contribution in [3.8, 4) is 5.75 Å². The molecule has 0 bridgehead atoms. The van der Waals surface area contributed by atoms with E-state index in [0.717, 1.165) is 33.7 Å². The molecule has 2 aromatic rings. The second kappa shape index (κ2) is 6.59. The van der Waals surface area contributed by atoms with Crippen LogP contribution in [-0.4, -0.2) is 18.9 Å². The van der Waals surface area contributed by atoms with Gasteiger partial charge in [-0.3, -0.25) is 9.59 Å². The van der Waals surface area contributed by atoms with Crippen molar-refractivity contribution in [1.29, 1.82) is 0 Å². The summed E-state index contributed by atoms with van der Waals surface area (Å²) in [6.45, 7) is 5.81. The normalized spacial score (nSPS) is 15.9. The Hall–Kier alpha value is -2.82. The van der Waals surface area contributed by atoms with Crippen LogP contribution in [0, 0.1) is 13.8 Å². The molecule has 2 amide bonds. The van der Waals surface area contributed by atoms with Crippen LogP contribution in [0.4, 0.5) is 5.69 Å². The van der Waals surface area contributed by atoms with Gasteiger partial charge in [-0.05, 0) is 25.5 Å². The molecule has 1 N–H and O–H groups in total. The van der Waals surface area contributed by atoms with Gasteiger partial charge in [0.25, 0.3) is 5.91 Å². The van der Waals surface area contributed by atoms with E-state index in [9.17, 15) is 9.59 Å². The van der Waals surface area contributed by atoms with Crippen molar-refractivity contribution in [2.75, 3.05) is 12.0 Å². The van der Waals surface area contributed by atoms with Crippen molar-refractivity contribution < 1.29 is 14.3 Å². The first-order chi connectivity index (χ1) is 11.9. The van der Waals surface area contributed by atoms with Crippen molar-refractivity contribution in [3.05, 3.63) is 58.7 Å². The predicted octanol–water partition coefficient (Wildman–Crippen LogP) is 3.04. The highest BCUT2D eigenvalue weighted by molar-refractivity contribution is 6.06. The minimum absolute atomic E-state index is 0.121. The lowest BCUT2D eigenvalue weighted by molar-refractivity contribution is -0.126. The molecule has 130 valence electrons. The van der Waals surface area contributed by atoms with Crippen LogP contribution < -0.4 is 15.0 Å². The van der Waals surface area contributed by atoms with Gasteiger partial charge in [-0.1, -0.05) is 35.9 Å². The molecule has 1 heterocycles. The largest absolute Gasteiger partial charge is 0.496 e. The summed E-state index contributed by atoms with van der Waals surface area (Å²) in [5, 5.41) is 2.79. The van der Waals surface area contributed by atoms with Crippen LogP contribution in [0.3, 0.4) is 0 Å². The number of aryl methyl sites for hydroxylation is 2. The first kappa shape index (κ1) is 17.0. The number of carbonyl (C=O) groups is 2. The number of para-hydroxylation sites is 1. The van der Waals surface area contributed by atoms with Crippen molar-refractivity contribution in [2.45, 2.75) is 33.4 Å². The van der Waals surface area contributed by atoms with Gasteiger partial charge in [0.1, 0.15) is 11.8 Å². The van der Waals surface area contributed by atoms with Gasteiger partial charge >= 0.3 is 0 Å². The number of anilines is 1. The van der Waals surface area contributed by atoms with E-state index in [2.05, 4.69) is 11.4 Å². The number of fused-ring (bicyclic) bond motifs is 1. The van der Waals surface area contributed by atoms with Crippen LogP contribution in [0.5, 0.6) is 5.75 Å². The average molecular weight is 338 g/mol. The topological polar surface area (TPSA) is 58.6 Å². The molecule has 0 aromatic heterocycles. The highest BCUT2D eigenvalue weighted by Crippen LogP contribution is 2.40. The Bertz CT molecular complexity index is 845. The monoisotopic (exact) mass is 338 g/mol. The summed E-state index contributed by atoms with van der Waals surface area (Å²) in [7, 11) is 1.62.